The second kappa shape index (κ2) is 4.41. The average Bonchev–Trinajstić information content (AvgIpc) is 2.40. The predicted molar refractivity (Wildman–Crippen MR) is 65.5 cm³/mol. The van der Waals surface area contributed by atoms with Crippen LogP contribution in [0.5, 0.6) is 0 Å². The highest BCUT2D eigenvalue weighted by molar-refractivity contribution is 5.20. The average molecular weight is 233 g/mol. The smallest absolute Gasteiger partial charge is 0.0970 e. The van der Waals surface area contributed by atoms with Gasteiger partial charge in [0.15, 0.2) is 0 Å². The number of fused-ring (bicyclic) bond motifs is 3. The molecule has 3 atom stereocenters. The van der Waals surface area contributed by atoms with Gasteiger partial charge in [0.2, 0.25) is 0 Å². The van der Waals surface area contributed by atoms with Gasteiger partial charge in [0.05, 0.1) is 18.2 Å². The number of hydrogen-bond donors (Lipinski definition) is 2. The Balaban J connectivity index is 1.84. The Kier molecular flexibility index (Phi) is 2.90. The zero-order chi connectivity index (χ0) is 11.8. The van der Waals surface area contributed by atoms with Gasteiger partial charge in [-0.1, -0.05) is 30.3 Å². The van der Waals surface area contributed by atoms with Gasteiger partial charge >= 0.3 is 0 Å². The van der Waals surface area contributed by atoms with E-state index in [-0.39, 0.29) is 12.1 Å². The lowest BCUT2D eigenvalue weighted by Crippen LogP contribution is -2.59. The molecule has 2 bridgehead atoms. The Morgan fingerprint density at radius 2 is 1.76 bits per heavy atom. The van der Waals surface area contributed by atoms with Crippen LogP contribution in [0, 0.1) is 5.92 Å². The van der Waals surface area contributed by atoms with Crippen molar-refractivity contribution in [2.45, 2.75) is 31.1 Å². The third-order valence-electron chi connectivity index (χ3n) is 4.29. The van der Waals surface area contributed by atoms with E-state index in [0.29, 0.717) is 5.92 Å². The molecule has 3 saturated heterocycles. The summed E-state index contributed by atoms with van der Waals surface area (Å²) in [5, 5.41) is 20.7. The van der Waals surface area contributed by atoms with E-state index in [1.54, 1.807) is 0 Å². The molecule has 3 fully saturated rings. The van der Waals surface area contributed by atoms with Crippen LogP contribution in [0.1, 0.15) is 24.5 Å². The van der Waals surface area contributed by atoms with Crippen molar-refractivity contribution in [3.05, 3.63) is 35.9 Å². The molecule has 0 aliphatic carbocycles. The SMILES string of the molecule is O[C@@H]1C2CCN(CC2)[C@H]1[C@@H](O)c1ccccc1. The molecule has 2 N–H and O–H groups in total. The minimum atomic E-state index is -0.575. The Morgan fingerprint density at radius 1 is 1.12 bits per heavy atom. The van der Waals surface area contributed by atoms with E-state index in [4.69, 9.17) is 0 Å². The molecule has 3 nitrogen and oxygen atoms in total. The molecule has 3 heteroatoms. The molecular formula is C14H19NO2. The topological polar surface area (TPSA) is 43.7 Å². The molecule has 3 aliphatic rings. The standard InChI is InChI=1S/C14H19NO2/c16-13(10-4-2-1-3-5-10)12-14(17)11-6-8-15(12)9-7-11/h1-5,11-14,16-17H,6-9H2/t12-,13-,14+/m0/s1. The lowest BCUT2D eigenvalue weighted by atomic mass is 9.77. The van der Waals surface area contributed by atoms with Crippen molar-refractivity contribution in [2.24, 2.45) is 5.92 Å². The molecule has 0 aromatic heterocycles. The van der Waals surface area contributed by atoms with Gasteiger partial charge in [-0.15, -0.1) is 0 Å². The molecule has 17 heavy (non-hydrogen) atoms. The molecule has 0 unspecified atom stereocenters. The second-order valence-corrected chi connectivity index (χ2v) is 5.21. The Hall–Kier alpha value is -0.900. The first kappa shape index (κ1) is 11.2. The third kappa shape index (κ3) is 1.88. The van der Waals surface area contributed by atoms with Crippen LogP contribution in [0.25, 0.3) is 0 Å². The number of hydrogen-bond acceptors (Lipinski definition) is 3. The van der Waals surface area contributed by atoms with Crippen LogP contribution in [0.4, 0.5) is 0 Å². The van der Waals surface area contributed by atoms with Gasteiger partial charge in [0.1, 0.15) is 0 Å². The van der Waals surface area contributed by atoms with E-state index in [0.717, 1.165) is 31.5 Å². The van der Waals surface area contributed by atoms with Crippen LogP contribution in [-0.2, 0) is 0 Å². The summed E-state index contributed by atoms with van der Waals surface area (Å²) in [7, 11) is 0. The zero-order valence-corrected chi connectivity index (χ0v) is 9.87. The number of piperidine rings is 3. The number of aliphatic hydroxyl groups is 2. The van der Waals surface area contributed by atoms with Crippen LogP contribution in [0.15, 0.2) is 30.3 Å². The lowest BCUT2D eigenvalue weighted by Gasteiger charge is -2.50. The van der Waals surface area contributed by atoms with E-state index >= 15 is 0 Å². The van der Waals surface area contributed by atoms with Gasteiger partial charge in [-0.05, 0) is 37.4 Å². The summed E-state index contributed by atoms with van der Waals surface area (Å²) in [5.74, 6) is 0.378. The summed E-state index contributed by atoms with van der Waals surface area (Å²) in [6, 6.07) is 9.55. The molecular weight excluding hydrogens is 214 g/mol. The molecule has 0 amide bonds. The second-order valence-electron chi connectivity index (χ2n) is 5.21. The minimum Gasteiger partial charge on any atom is -0.391 e. The Morgan fingerprint density at radius 3 is 2.35 bits per heavy atom. The quantitative estimate of drug-likeness (QED) is 0.806. The first-order chi connectivity index (χ1) is 8.27. The van der Waals surface area contributed by atoms with Crippen molar-refractivity contribution in [3.63, 3.8) is 0 Å². The maximum Gasteiger partial charge on any atom is 0.0970 e. The van der Waals surface area contributed by atoms with Gasteiger partial charge in [0.25, 0.3) is 0 Å². The van der Waals surface area contributed by atoms with Crippen LogP contribution >= 0.6 is 0 Å². The number of benzene rings is 1. The molecule has 1 aromatic rings. The molecule has 92 valence electrons. The zero-order valence-electron chi connectivity index (χ0n) is 9.87. The van der Waals surface area contributed by atoms with Gasteiger partial charge in [-0.2, -0.15) is 0 Å². The highest BCUT2D eigenvalue weighted by atomic mass is 16.3. The monoisotopic (exact) mass is 233 g/mol. The highest BCUT2D eigenvalue weighted by Crippen LogP contribution is 2.37. The van der Waals surface area contributed by atoms with E-state index in [1.165, 1.54) is 0 Å². The maximum absolute atomic E-state index is 10.4. The Bertz CT molecular complexity index is 371. The van der Waals surface area contributed by atoms with E-state index in [1.807, 2.05) is 30.3 Å². The number of aliphatic hydroxyl groups excluding tert-OH is 2. The predicted octanol–water partition coefficient (Wildman–Crippen LogP) is 1.18. The van der Waals surface area contributed by atoms with E-state index in [9.17, 15) is 10.2 Å². The van der Waals surface area contributed by atoms with Crippen molar-refractivity contribution in [2.75, 3.05) is 13.1 Å². The lowest BCUT2D eigenvalue weighted by molar-refractivity contribution is -0.116. The maximum atomic E-state index is 10.4. The molecule has 3 heterocycles. The first-order valence-electron chi connectivity index (χ1n) is 6.42. The third-order valence-corrected chi connectivity index (χ3v) is 4.29. The van der Waals surface area contributed by atoms with Crippen molar-refractivity contribution in [1.82, 2.24) is 4.90 Å². The molecule has 0 saturated carbocycles. The molecule has 4 rings (SSSR count). The van der Waals surface area contributed by atoms with Crippen LogP contribution in [0.2, 0.25) is 0 Å². The van der Waals surface area contributed by atoms with Gasteiger partial charge in [0, 0.05) is 0 Å². The molecule has 0 radical (unpaired) electrons. The van der Waals surface area contributed by atoms with Crippen molar-refractivity contribution in [3.8, 4) is 0 Å². The van der Waals surface area contributed by atoms with E-state index in [2.05, 4.69) is 4.90 Å². The summed E-state index contributed by atoms with van der Waals surface area (Å²) in [4.78, 5) is 2.24. The summed E-state index contributed by atoms with van der Waals surface area (Å²) >= 11 is 0. The fourth-order valence-electron chi connectivity index (χ4n) is 3.29. The highest BCUT2D eigenvalue weighted by Gasteiger charge is 2.44. The normalized spacial score (nSPS) is 38.0. The van der Waals surface area contributed by atoms with Gasteiger partial charge < -0.3 is 10.2 Å². The van der Waals surface area contributed by atoms with Gasteiger partial charge in [-0.25, -0.2) is 0 Å². The summed E-state index contributed by atoms with van der Waals surface area (Å²) < 4.78 is 0. The molecule has 0 spiro atoms. The summed E-state index contributed by atoms with van der Waals surface area (Å²) in [6.07, 6.45) is 1.18. The fourth-order valence-corrected chi connectivity index (χ4v) is 3.29. The summed E-state index contributed by atoms with van der Waals surface area (Å²) in [6.45, 7) is 2.02. The molecule has 1 aromatic carbocycles. The van der Waals surface area contributed by atoms with Gasteiger partial charge in [-0.3, -0.25) is 4.90 Å². The molecule has 3 aliphatic heterocycles. The van der Waals surface area contributed by atoms with Crippen molar-refractivity contribution < 1.29 is 10.2 Å². The van der Waals surface area contributed by atoms with Crippen LogP contribution in [-0.4, -0.2) is 40.3 Å². The van der Waals surface area contributed by atoms with Crippen LogP contribution < -0.4 is 0 Å². The largest absolute Gasteiger partial charge is 0.391 e. The minimum absolute atomic E-state index is 0.120. The fraction of sp³-hybridized carbons (Fsp3) is 0.571. The van der Waals surface area contributed by atoms with Crippen molar-refractivity contribution >= 4 is 0 Å². The number of rotatable bonds is 2. The first-order valence-corrected chi connectivity index (χ1v) is 6.42. The van der Waals surface area contributed by atoms with E-state index < -0.39 is 6.10 Å². The van der Waals surface area contributed by atoms with Crippen molar-refractivity contribution in [1.29, 1.82) is 0 Å². The summed E-state index contributed by atoms with van der Waals surface area (Å²) in [5.41, 5.74) is 0.907. The Labute approximate surface area is 102 Å². The number of nitrogens with zero attached hydrogens (tertiary/aromatic N) is 1. The van der Waals surface area contributed by atoms with Crippen LogP contribution in [0.3, 0.4) is 0 Å².